The zero-order valence-corrected chi connectivity index (χ0v) is 16.1. The zero-order valence-electron chi connectivity index (χ0n) is 16.1. The van der Waals surface area contributed by atoms with Gasteiger partial charge in [-0.3, -0.25) is 0 Å². The highest BCUT2D eigenvalue weighted by Gasteiger charge is 2.37. The number of nitrogen functional groups attached to an aromatic ring is 1. The van der Waals surface area contributed by atoms with Crippen molar-refractivity contribution in [2.24, 2.45) is 0 Å². The summed E-state index contributed by atoms with van der Waals surface area (Å²) in [5.74, 6) is 0.764. The molecule has 29 heavy (non-hydrogen) atoms. The molecule has 10 heteroatoms. The third-order valence-corrected chi connectivity index (χ3v) is 5.47. The van der Waals surface area contributed by atoms with Crippen molar-refractivity contribution >= 4 is 17.6 Å². The predicted molar refractivity (Wildman–Crippen MR) is 104 cm³/mol. The Hall–Kier alpha value is -2.62. The van der Waals surface area contributed by atoms with Crippen molar-refractivity contribution in [1.82, 2.24) is 15.0 Å². The van der Waals surface area contributed by atoms with Crippen LogP contribution in [0.5, 0.6) is 0 Å². The van der Waals surface area contributed by atoms with Gasteiger partial charge >= 0.3 is 6.18 Å². The van der Waals surface area contributed by atoms with E-state index in [1.165, 1.54) is 12.1 Å². The Morgan fingerprint density at radius 2 is 1.72 bits per heavy atom. The van der Waals surface area contributed by atoms with Gasteiger partial charge in [0.25, 0.3) is 0 Å². The van der Waals surface area contributed by atoms with E-state index in [1.807, 2.05) is 9.80 Å². The third kappa shape index (κ3) is 4.07. The summed E-state index contributed by atoms with van der Waals surface area (Å²) < 4.78 is 40.7. The van der Waals surface area contributed by atoms with Gasteiger partial charge in [-0.15, -0.1) is 0 Å². The van der Waals surface area contributed by atoms with Crippen LogP contribution in [0.3, 0.4) is 0 Å². The first-order valence-corrected chi connectivity index (χ1v) is 9.58. The Balaban J connectivity index is 1.78. The first-order chi connectivity index (χ1) is 13.6. The summed E-state index contributed by atoms with van der Waals surface area (Å²) in [6.07, 6.45) is -2.57. The lowest BCUT2D eigenvalue weighted by Crippen LogP contribution is -2.43. The minimum Gasteiger partial charge on any atom is -0.390 e. The quantitative estimate of drug-likeness (QED) is 0.807. The highest BCUT2D eigenvalue weighted by molar-refractivity contribution is 5.69. The number of pyridine rings is 1. The topological polar surface area (TPSA) is 91.4 Å². The van der Waals surface area contributed by atoms with Crippen LogP contribution in [0.25, 0.3) is 11.3 Å². The number of nitrogens with two attached hydrogens (primary N) is 1. The minimum absolute atomic E-state index is 0.124. The number of hydrogen-bond acceptors (Lipinski definition) is 7. The largest absolute Gasteiger partial charge is 0.434 e. The SMILES string of the molecule is CC1(O)CCN(c2nc(-c3ccc(N)nc3C(F)(F)F)cc(N3CCC3)n2)CC1. The Morgan fingerprint density at radius 1 is 1.03 bits per heavy atom. The number of hydrogen-bond donors (Lipinski definition) is 2. The normalized spacial score (nSPS) is 19.2. The van der Waals surface area contributed by atoms with Crippen molar-refractivity contribution in [2.75, 3.05) is 41.7 Å². The molecule has 0 amide bonds. The number of alkyl halides is 3. The summed E-state index contributed by atoms with van der Waals surface area (Å²) in [6.45, 7) is 4.44. The van der Waals surface area contributed by atoms with Gasteiger partial charge in [0, 0.05) is 37.8 Å². The molecular weight excluding hydrogens is 385 g/mol. The molecule has 0 radical (unpaired) electrons. The number of piperidine rings is 1. The van der Waals surface area contributed by atoms with Crippen LogP contribution < -0.4 is 15.5 Å². The maximum atomic E-state index is 13.6. The molecule has 4 heterocycles. The summed E-state index contributed by atoms with van der Waals surface area (Å²) >= 11 is 0. The van der Waals surface area contributed by atoms with Crippen LogP contribution in [0.2, 0.25) is 0 Å². The second-order valence-electron chi connectivity index (χ2n) is 7.87. The highest BCUT2D eigenvalue weighted by Crippen LogP contribution is 2.37. The van der Waals surface area contributed by atoms with Crippen molar-refractivity contribution in [1.29, 1.82) is 0 Å². The molecule has 2 fully saturated rings. The fraction of sp³-hybridized carbons (Fsp3) is 0.526. The molecule has 2 saturated heterocycles. The number of aliphatic hydroxyl groups is 1. The first-order valence-electron chi connectivity index (χ1n) is 9.58. The summed E-state index contributed by atoms with van der Waals surface area (Å²) in [5, 5.41) is 10.2. The van der Waals surface area contributed by atoms with Crippen molar-refractivity contribution in [3.05, 3.63) is 23.9 Å². The fourth-order valence-electron chi connectivity index (χ4n) is 3.49. The molecule has 2 aromatic rings. The number of halogens is 3. The molecule has 156 valence electrons. The van der Waals surface area contributed by atoms with E-state index in [1.54, 1.807) is 13.0 Å². The maximum Gasteiger partial charge on any atom is 0.434 e. The Labute approximate surface area is 166 Å². The standard InChI is InChI=1S/C19H23F3N6O/c1-18(29)5-9-28(10-6-18)17-24-13(11-15(26-17)27-7-2-8-27)12-3-4-14(23)25-16(12)19(20,21)22/h3-4,11,29H,2,5-10H2,1H3,(H2,23,25). The number of nitrogens with zero attached hydrogens (tertiary/aromatic N) is 5. The van der Waals surface area contributed by atoms with E-state index < -0.39 is 17.5 Å². The van der Waals surface area contributed by atoms with E-state index in [0.29, 0.717) is 37.7 Å². The van der Waals surface area contributed by atoms with Crippen LogP contribution in [-0.4, -0.2) is 51.8 Å². The first kappa shape index (κ1) is 19.7. The van der Waals surface area contributed by atoms with Crippen molar-refractivity contribution in [2.45, 2.75) is 38.0 Å². The van der Waals surface area contributed by atoms with Gasteiger partial charge in [-0.1, -0.05) is 0 Å². The maximum absolute atomic E-state index is 13.6. The Morgan fingerprint density at radius 3 is 2.31 bits per heavy atom. The molecule has 3 N–H and O–H groups in total. The van der Waals surface area contributed by atoms with Crippen LogP contribution in [0.4, 0.5) is 30.8 Å². The summed E-state index contributed by atoms with van der Waals surface area (Å²) in [5.41, 5.74) is 3.73. The minimum atomic E-state index is -4.66. The molecule has 0 unspecified atom stereocenters. The van der Waals surface area contributed by atoms with E-state index in [9.17, 15) is 18.3 Å². The van der Waals surface area contributed by atoms with Crippen molar-refractivity contribution < 1.29 is 18.3 Å². The van der Waals surface area contributed by atoms with Crippen LogP contribution in [0, 0.1) is 0 Å². The summed E-state index contributed by atoms with van der Waals surface area (Å²) in [6, 6.07) is 4.22. The van der Waals surface area contributed by atoms with Crippen molar-refractivity contribution in [3.8, 4) is 11.3 Å². The lowest BCUT2D eigenvalue weighted by molar-refractivity contribution is -0.140. The molecule has 4 rings (SSSR count). The van der Waals surface area contributed by atoms with E-state index in [0.717, 1.165) is 19.5 Å². The lowest BCUT2D eigenvalue weighted by atomic mass is 9.94. The molecule has 0 bridgehead atoms. The monoisotopic (exact) mass is 408 g/mol. The second kappa shape index (κ2) is 7.01. The number of anilines is 3. The average molecular weight is 408 g/mol. The van der Waals surface area contributed by atoms with Gasteiger partial charge in [-0.05, 0) is 38.3 Å². The van der Waals surface area contributed by atoms with Crippen LogP contribution in [0.1, 0.15) is 31.9 Å². The van der Waals surface area contributed by atoms with Gasteiger partial charge in [0.15, 0.2) is 5.69 Å². The van der Waals surface area contributed by atoms with Gasteiger partial charge in [0.2, 0.25) is 5.95 Å². The van der Waals surface area contributed by atoms with E-state index in [4.69, 9.17) is 5.73 Å². The third-order valence-electron chi connectivity index (χ3n) is 5.47. The summed E-state index contributed by atoms with van der Waals surface area (Å²) in [4.78, 5) is 16.5. The van der Waals surface area contributed by atoms with E-state index >= 15 is 0 Å². The molecule has 2 aliphatic rings. The van der Waals surface area contributed by atoms with E-state index in [-0.39, 0.29) is 17.1 Å². The van der Waals surface area contributed by atoms with Gasteiger partial charge in [0.1, 0.15) is 11.6 Å². The van der Waals surface area contributed by atoms with Crippen LogP contribution in [-0.2, 0) is 6.18 Å². The Bertz CT molecular complexity index is 903. The van der Waals surface area contributed by atoms with Gasteiger partial charge < -0.3 is 20.6 Å². The number of aromatic nitrogens is 3. The molecule has 0 atom stereocenters. The molecule has 0 aromatic carbocycles. The summed E-state index contributed by atoms with van der Waals surface area (Å²) in [7, 11) is 0. The average Bonchev–Trinajstić information content (AvgIpc) is 2.59. The van der Waals surface area contributed by atoms with Crippen LogP contribution >= 0.6 is 0 Å². The number of rotatable bonds is 3. The molecule has 2 aromatic heterocycles. The fourth-order valence-corrected chi connectivity index (χ4v) is 3.49. The second-order valence-corrected chi connectivity index (χ2v) is 7.87. The van der Waals surface area contributed by atoms with Crippen LogP contribution in [0.15, 0.2) is 18.2 Å². The lowest BCUT2D eigenvalue weighted by Gasteiger charge is -2.37. The molecule has 0 aliphatic carbocycles. The molecular formula is C19H23F3N6O. The van der Waals surface area contributed by atoms with E-state index in [2.05, 4.69) is 15.0 Å². The molecule has 0 spiro atoms. The molecule has 0 saturated carbocycles. The predicted octanol–water partition coefficient (Wildman–Crippen LogP) is 2.70. The molecule has 2 aliphatic heterocycles. The molecule has 7 nitrogen and oxygen atoms in total. The Kier molecular flexibility index (Phi) is 4.76. The van der Waals surface area contributed by atoms with Crippen molar-refractivity contribution in [3.63, 3.8) is 0 Å². The highest BCUT2D eigenvalue weighted by atomic mass is 19.4. The smallest absolute Gasteiger partial charge is 0.390 e. The zero-order chi connectivity index (χ0) is 20.8. The van der Waals surface area contributed by atoms with Gasteiger partial charge in [-0.2, -0.15) is 18.2 Å². The van der Waals surface area contributed by atoms with Gasteiger partial charge in [0.05, 0.1) is 11.3 Å². The van der Waals surface area contributed by atoms with Gasteiger partial charge in [-0.25, -0.2) is 9.97 Å².